The molecule has 9 heteroatoms. The molecule has 2 fully saturated rings. The summed E-state index contributed by atoms with van der Waals surface area (Å²) in [5.41, 5.74) is 3.35. The Morgan fingerprint density at radius 1 is 1.00 bits per heavy atom. The maximum absolute atomic E-state index is 12.8. The Hall–Kier alpha value is -3.85. The third-order valence-corrected chi connectivity index (χ3v) is 6.56. The van der Waals surface area contributed by atoms with E-state index in [0.717, 1.165) is 60.1 Å². The third-order valence-electron chi connectivity index (χ3n) is 6.56. The summed E-state index contributed by atoms with van der Waals surface area (Å²) in [6, 6.07) is 10.3. The molecule has 2 aliphatic rings. The van der Waals surface area contributed by atoms with Crippen LogP contribution in [0.5, 0.6) is 0 Å². The quantitative estimate of drug-likeness (QED) is 0.496. The smallest absolute Gasteiger partial charge is 0.258 e. The van der Waals surface area contributed by atoms with Crippen LogP contribution in [0.3, 0.4) is 0 Å². The highest BCUT2D eigenvalue weighted by atomic mass is 16.1. The molecule has 0 atom stereocenters. The number of aromatic nitrogens is 5. The summed E-state index contributed by atoms with van der Waals surface area (Å²) in [6.45, 7) is 3.88. The Bertz CT molecular complexity index is 1340. The predicted octanol–water partition coefficient (Wildman–Crippen LogP) is 2.96. The van der Waals surface area contributed by atoms with Crippen LogP contribution in [0.2, 0.25) is 0 Å². The average Bonchev–Trinajstić information content (AvgIpc) is 3.64. The van der Waals surface area contributed by atoms with E-state index in [1.807, 2.05) is 25.5 Å². The SMILES string of the molecule is Cn1cc(-c2ccc3c(N4CCN(C5CC5)CC4)nc(NC(=O)c4ccncc4)nc3c2)cn1. The summed E-state index contributed by atoms with van der Waals surface area (Å²) in [7, 11) is 1.90. The van der Waals surface area contributed by atoms with Gasteiger partial charge < -0.3 is 4.90 Å². The van der Waals surface area contributed by atoms with Crippen molar-refractivity contribution >= 4 is 28.6 Å². The van der Waals surface area contributed by atoms with Crippen molar-refractivity contribution in [2.75, 3.05) is 36.4 Å². The van der Waals surface area contributed by atoms with Crippen LogP contribution in [-0.2, 0) is 7.05 Å². The van der Waals surface area contributed by atoms with Gasteiger partial charge in [-0.25, -0.2) is 4.98 Å². The molecule has 1 amide bonds. The van der Waals surface area contributed by atoms with Gasteiger partial charge in [-0.15, -0.1) is 0 Å². The van der Waals surface area contributed by atoms with E-state index in [1.165, 1.54) is 12.8 Å². The first kappa shape index (κ1) is 20.7. The Balaban J connectivity index is 1.37. The summed E-state index contributed by atoms with van der Waals surface area (Å²) in [4.78, 5) is 31.2. The van der Waals surface area contributed by atoms with Crippen molar-refractivity contribution in [3.8, 4) is 11.1 Å². The molecular formula is C25H26N8O. The minimum Gasteiger partial charge on any atom is -0.353 e. The Kier molecular flexibility index (Phi) is 5.18. The first-order chi connectivity index (χ1) is 16.6. The van der Waals surface area contributed by atoms with Gasteiger partial charge in [-0.05, 0) is 42.7 Å². The first-order valence-electron chi connectivity index (χ1n) is 11.7. The van der Waals surface area contributed by atoms with E-state index in [2.05, 4.69) is 37.3 Å². The van der Waals surface area contributed by atoms with Crippen molar-refractivity contribution in [1.29, 1.82) is 0 Å². The number of aryl methyl sites for hydroxylation is 1. The second kappa shape index (κ2) is 8.49. The van der Waals surface area contributed by atoms with Crippen LogP contribution >= 0.6 is 0 Å². The molecular weight excluding hydrogens is 428 g/mol. The number of nitrogens with one attached hydrogen (secondary N) is 1. The van der Waals surface area contributed by atoms with Crippen LogP contribution in [0.25, 0.3) is 22.0 Å². The molecule has 1 aliphatic heterocycles. The molecule has 4 heterocycles. The first-order valence-corrected chi connectivity index (χ1v) is 11.7. The molecule has 9 nitrogen and oxygen atoms in total. The van der Waals surface area contributed by atoms with Crippen LogP contribution in [0, 0.1) is 0 Å². The van der Waals surface area contributed by atoms with E-state index in [9.17, 15) is 4.79 Å². The van der Waals surface area contributed by atoms with E-state index in [4.69, 9.17) is 9.97 Å². The number of piperazine rings is 1. The van der Waals surface area contributed by atoms with E-state index in [1.54, 1.807) is 29.2 Å². The average molecular weight is 455 g/mol. The number of hydrogen-bond acceptors (Lipinski definition) is 7. The number of hydrogen-bond donors (Lipinski definition) is 1. The van der Waals surface area contributed by atoms with E-state index < -0.39 is 0 Å². The molecule has 34 heavy (non-hydrogen) atoms. The van der Waals surface area contributed by atoms with Crippen LogP contribution in [0.4, 0.5) is 11.8 Å². The van der Waals surface area contributed by atoms with E-state index >= 15 is 0 Å². The van der Waals surface area contributed by atoms with Gasteiger partial charge in [0.1, 0.15) is 5.82 Å². The summed E-state index contributed by atoms with van der Waals surface area (Å²) >= 11 is 0. The lowest BCUT2D eigenvalue weighted by atomic mass is 10.1. The summed E-state index contributed by atoms with van der Waals surface area (Å²) in [6.07, 6.45) is 9.65. The second-order valence-electron chi connectivity index (χ2n) is 8.95. The topological polar surface area (TPSA) is 92.1 Å². The monoisotopic (exact) mass is 454 g/mol. The summed E-state index contributed by atoms with van der Waals surface area (Å²) in [5, 5.41) is 8.16. The lowest BCUT2D eigenvalue weighted by Crippen LogP contribution is -2.47. The van der Waals surface area contributed by atoms with Gasteiger partial charge >= 0.3 is 0 Å². The largest absolute Gasteiger partial charge is 0.353 e. The number of fused-ring (bicyclic) bond motifs is 1. The fourth-order valence-corrected chi connectivity index (χ4v) is 4.58. The molecule has 0 radical (unpaired) electrons. The third kappa shape index (κ3) is 4.10. The molecule has 1 saturated heterocycles. The van der Waals surface area contributed by atoms with Crippen molar-refractivity contribution in [2.24, 2.45) is 7.05 Å². The van der Waals surface area contributed by atoms with Crippen molar-refractivity contribution in [3.63, 3.8) is 0 Å². The lowest BCUT2D eigenvalue weighted by Gasteiger charge is -2.36. The molecule has 1 N–H and O–H groups in total. The molecule has 0 unspecified atom stereocenters. The normalized spacial score (nSPS) is 16.7. The Morgan fingerprint density at radius 3 is 2.50 bits per heavy atom. The van der Waals surface area contributed by atoms with E-state index in [0.29, 0.717) is 11.5 Å². The predicted molar refractivity (Wildman–Crippen MR) is 131 cm³/mol. The number of carbonyl (C=O) groups excluding carboxylic acids is 1. The molecule has 6 rings (SSSR count). The number of anilines is 2. The minimum atomic E-state index is -0.255. The molecule has 1 aliphatic carbocycles. The number of nitrogens with zero attached hydrogens (tertiary/aromatic N) is 7. The van der Waals surface area contributed by atoms with Gasteiger partial charge in [-0.3, -0.25) is 24.7 Å². The standard InChI is InChI=1S/C25H26N8O/c1-31-16-19(15-27-31)18-2-5-21-22(14-18)28-25(30-24(34)17-6-8-26-9-7-17)29-23(21)33-12-10-32(11-13-33)20-3-4-20/h2,5-9,14-16,20H,3-4,10-13H2,1H3,(H,28,29,30,34). The zero-order valence-electron chi connectivity index (χ0n) is 19.1. The van der Waals surface area contributed by atoms with Gasteiger partial charge in [0.05, 0.1) is 11.7 Å². The highest BCUT2D eigenvalue weighted by Crippen LogP contribution is 2.32. The molecule has 0 spiro atoms. The van der Waals surface area contributed by atoms with Gasteiger partial charge in [0.25, 0.3) is 5.91 Å². The maximum Gasteiger partial charge on any atom is 0.258 e. The zero-order chi connectivity index (χ0) is 23.1. The lowest BCUT2D eigenvalue weighted by molar-refractivity contribution is 0.102. The minimum absolute atomic E-state index is 0.255. The molecule has 4 aromatic rings. The number of amides is 1. The van der Waals surface area contributed by atoms with Gasteiger partial charge in [-0.1, -0.05) is 6.07 Å². The summed E-state index contributed by atoms with van der Waals surface area (Å²) in [5.74, 6) is 0.912. The van der Waals surface area contributed by atoms with Gasteiger partial charge in [0, 0.05) is 74.4 Å². The van der Waals surface area contributed by atoms with Crippen LogP contribution in [0.15, 0.2) is 55.1 Å². The number of carbonyl (C=O) groups is 1. The number of rotatable bonds is 5. The summed E-state index contributed by atoms with van der Waals surface area (Å²) < 4.78 is 1.78. The maximum atomic E-state index is 12.8. The van der Waals surface area contributed by atoms with Crippen LogP contribution in [-0.4, -0.2) is 67.8 Å². The number of benzene rings is 1. The van der Waals surface area contributed by atoms with Crippen LogP contribution < -0.4 is 10.2 Å². The fraction of sp³-hybridized carbons (Fsp3) is 0.320. The molecule has 0 bridgehead atoms. The van der Waals surface area contributed by atoms with Crippen molar-refractivity contribution < 1.29 is 4.79 Å². The van der Waals surface area contributed by atoms with Crippen molar-refractivity contribution in [3.05, 3.63) is 60.7 Å². The van der Waals surface area contributed by atoms with Crippen molar-refractivity contribution in [2.45, 2.75) is 18.9 Å². The Morgan fingerprint density at radius 2 is 1.79 bits per heavy atom. The molecule has 172 valence electrons. The molecule has 1 saturated carbocycles. The fourth-order valence-electron chi connectivity index (χ4n) is 4.58. The van der Waals surface area contributed by atoms with Crippen LogP contribution in [0.1, 0.15) is 23.2 Å². The number of pyridine rings is 1. The van der Waals surface area contributed by atoms with E-state index in [-0.39, 0.29) is 5.91 Å². The highest BCUT2D eigenvalue weighted by Gasteiger charge is 2.32. The zero-order valence-corrected chi connectivity index (χ0v) is 19.1. The Labute approximate surface area is 197 Å². The van der Waals surface area contributed by atoms with Gasteiger partial charge in [-0.2, -0.15) is 10.1 Å². The molecule has 3 aromatic heterocycles. The van der Waals surface area contributed by atoms with Gasteiger partial charge in [0.2, 0.25) is 5.95 Å². The molecule has 1 aromatic carbocycles. The van der Waals surface area contributed by atoms with Crippen molar-refractivity contribution in [1.82, 2.24) is 29.6 Å². The van der Waals surface area contributed by atoms with Gasteiger partial charge in [0.15, 0.2) is 0 Å². The highest BCUT2D eigenvalue weighted by molar-refractivity contribution is 6.04. The second-order valence-corrected chi connectivity index (χ2v) is 8.95.